The fourth-order valence-corrected chi connectivity index (χ4v) is 10.6. The Morgan fingerprint density at radius 2 is 0.788 bits per heavy atom. The summed E-state index contributed by atoms with van der Waals surface area (Å²) >= 11 is 1.27. The van der Waals surface area contributed by atoms with Gasteiger partial charge in [0, 0.05) is 45.1 Å². The molecule has 0 fully saturated rings. The summed E-state index contributed by atoms with van der Waals surface area (Å²) in [7, 11) is 0. The number of carboxylic acids is 4. The van der Waals surface area contributed by atoms with Gasteiger partial charge in [-0.25, -0.2) is 4.79 Å². The van der Waals surface area contributed by atoms with Gasteiger partial charge in [0.1, 0.15) is 78.3 Å². The molecule has 0 unspecified atom stereocenters. The summed E-state index contributed by atoms with van der Waals surface area (Å²) in [5.41, 5.74) is 27.3. The summed E-state index contributed by atoms with van der Waals surface area (Å²) in [6.07, 6.45) is -6.68. The maximum absolute atomic E-state index is 14.4. The molecule has 46 nitrogen and oxygen atoms in total. The van der Waals surface area contributed by atoms with Crippen LogP contribution in [0.1, 0.15) is 130 Å². The third-order valence-corrected chi connectivity index (χ3v) is 16.8. The predicted octanol–water partition coefficient (Wildman–Crippen LogP) is -9.62. The third-order valence-electron chi connectivity index (χ3n) is 16.1. The maximum atomic E-state index is 14.4. The van der Waals surface area contributed by atoms with Gasteiger partial charge in [0.15, 0.2) is 5.96 Å². The van der Waals surface area contributed by atoms with E-state index < -0.39 is 299 Å². The highest BCUT2D eigenvalue weighted by Gasteiger charge is 2.38. The summed E-state index contributed by atoms with van der Waals surface area (Å²) in [6.45, 7) is 3.03. The lowest BCUT2D eigenvalue weighted by Gasteiger charge is -2.28. The summed E-state index contributed by atoms with van der Waals surface area (Å²) in [6, 6.07) is -17.0. The number of hydrogen-bond acceptors (Lipinski definition) is 25. The number of thioether (sulfide) groups is 1. The Morgan fingerprint density at radius 1 is 0.416 bits per heavy atom. The van der Waals surface area contributed by atoms with Gasteiger partial charge in [-0.2, -0.15) is 11.8 Å². The first-order chi connectivity index (χ1) is 52.9. The average Bonchev–Trinajstić information content (AvgIpc) is 0.858. The van der Waals surface area contributed by atoms with Crippen LogP contribution in [-0.2, 0) is 102 Å². The van der Waals surface area contributed by atoms with Gasteiger partial charge in [0.25, 0.3) is 0 Å². The number of aliphatic hydroxyl groups is 1. The number of nitrogens with two attached hydrogens (primary N) is 5. The van der Waals surface area contributed by atoms with Gasteiger partial charge in [0.2, 0.25) is 94.5 Å². The molecular weight excluding hydrogens is 1520 g/mol. The number of phenols is 1. The van der Waals surface area contributed by atoms with Gasteiger partial charge in [-0.3, -0.25) is 96.5 Å². The van der Waals surface area contributed by atoms with Crippen LogP contribution in [0.5, 0.6) is 5.75 Å². The van der Waals surface area contributed by atoms with E-state index in [-0.39, 0.29) is 49.3 Å². The quantitative estimate of drug-likeness (QED) is 0.0164. The number of nitrogens with one attached hydrogen (secondary N) is 15. The van der Waals surface area contributed by atoms with E-state index in [0.717, 1.165) is 6.92 Å². The van der Waals surface area contributed by atoms with Gasteiger partial charge >= 0.3 is 23.9 Å². The van der Waals surface area contributed by atoms with Crippen LogP contribution in [-0.4, -0.2) is 265 Å². The number of aliphatic carboxylic acids is 4. The number of hydrogen-bond donors (Lipinski definition) is 26. The minimum absolute atomic E-state index is 0.0532. The van der Waals surface area contributed by atoms with E-state index in [2.05, 4.69) is 63.8 Å². The molecular formula is C66H104N20O26S. The fourth-order valence-electron chi connectivity index (χ4n) is 10.1. The van der Waals surface area contributed by atoms with Crippen molar-refractivity contribution in [1.29, 1.82) is 5.41 Å². The van der Waals surface area contributed by atoms with Gasteiger partial charge in [-0.15, -0.1) is 0 Å². The zero-order valence-electron chi connectivity index (χ0n) is 62.7. The highest BCUT2D eigenvalue weighted by atomic mass is 32.2. The first-order valence-corrected chi connectivity index (χ1v) is 36.6. The Bertz CT molecular complexity index is 3550. The molecule has 0 saturated heterocycles. The second-order valence-corrected chi connectivity index (χ2v) is 27.2. The van der Waals surface area contributed by atoms with Gasteiger partial charge in [-0.05, 0) is 107 Å². The third kappa shape index (κ3) is 41.0. The number of aliphatic hydroxyl groups excluding tert-OH is 1. The van der Waals surface area contributed by atoms with Gasteiger partial charge in [-0.1, -0.05) is 26.0 Å². The summed E-state index contributed by atoms with van der Waals surface area (Å²) in [5.74, 6) is -25.2. The van der Waals surface area contributed by atoms with Crippen molar-refractivity contribution in [2.75, 3.05) is 31.7 Å². The number of rotatable bonds is 56. The molecule has 1 aromatic carbocycles. The average molecular weight is 1630 g/mol. The van der Waals surface area contributed by atoms with Crippen LogP contribution in [0.4, 0.5) is 0 Å². The van der Waals surface area contributed by atoms with Crippen molar-refractivity contribution >= 4 is 136 Å². The van der Waals surface area contributed by atoms with Crippen LogP contribution in [0, 0.1) is 11.3 Å². The second kappa shape index (κ2) is 51.4. The highest BCUT2D eigenvalue weighted by Crippen LogP contribution is 2.15. The molecule has 47 heteroatoms. The number of phenolic OH excluding ortho intramolecular Hbond substituents is 1. The number of carbonyl (C=O) groups excluding carboxylic acids is 16. The molecule has 0 aliphatic heterocycles. The molecule has 1 rings (SSSR count). The lowest BCUT2D eigenvalue weighted by atomic mass is 10.0. The van der Waals surface area contributed by atoms with E-state index in [0.29, 0.717) is 0 Å². The molecule has 0 aliphatic rings. The second-order valence-electron chi connectivity index (χ2n) is 26.2. The first kappa shape index (κ1) is 99.0. The Labute approximate surface area is 651 Å². The lowest BCUT2D eigenvalue weighted by molar-refractivity contribution is -0.142. The molecule has 0 radical (unpaired) electrons. The largest absolute Gasteiger partial charge is 0.508 e. The maximum Gasteiger partial charge on any atom is 0.326 e. The SMILES string of the molecule is CSCC[C@H](NC(=O)[C@H](CCC(N)=O)NC(=O)[C@H](Cc1ccc(O)cc1)NC(=O)[C@H](CCC(N)=O)NC(=O)CNC(=O)[C@H](CC(=O)O)NC(=O)[C@H](CO)NC(=O)[C@H](CCC(N)=O)NC(=O)[C@H](CCCNC(=N)N)NC(=O)[C@H](CC(C)C)NC(=O)[C@H](CCC(=O)O)NC(=O)[C@H](C)NC(=O)[C@H](CCC(=O)O)NC(=O)[C@H](C)N)C(=O)O. The smallest absolute Gasteiger partial charge is 0.326 e. The van der Waals surface area contributed by atoms with Crippen molar-refractivity contribution in [3.8, 4) is 5.75 Å². The van der Waals surface area contributed by atoms with Gasteiger partial charge < -0.3 is 134 Å². The molecule has 0 saturated carbocycles. The van der Waals surface area contributed by atoms with Crippen LogP contribution in [0.2, 0.25) is 0 Å². The minimum Gasteiger partial charge on any atom is -0.508 e. The highest BCUT2D eigenvalue weighted by molar-refractivity contribution is 7.98. The lowest BCUT2D eigenvalue weighted by Crippen LogP contribution is -2.61. The predicted molar refractivity (Wildman–Crippen MR) is 395 cm³/mol. The molecule has 0 spiro atoms. The van der Waals surface area contributed by atoms with E-state index in [1.165, 1.54) is 43.0 Å². The van der Waals surface area contributed by atoms with E-state index in [4.69, 9.17) is 34.1 Å². The number of guanidine groups is 1. The summed E-state index contributed by atoms with van der Waals surface area (Å²) in [5, 5.41) is 98.1. The van der Waals surface area contributed by atoms with Gasteiger partial charge in [0.05, 0.1) is 25.6 Å². The number of aromatic hydroxyl groups is 1. The van der Waals surface area contributed by atoms with Crippen LogP contribution < -0.4 is 103 Å². The van der Waals surface area contributed by atoms with Crippen LogP contribution in [0.3, 0.4) is 0 Å². The van der Waals surface area contributed by atoms with E-state index in [1.807, 2.05) is 10.6 Å². The number of carbonyl (C=O) groups is 20. The Balaban J connectivity index is 3.60. The zero-order valence-corrected chi connectivity index (χ0v) is 63.5. The Hall–Kier alpha value is -12.0. The topological polar surface area (TPSA) is 785 Å². The monoisotopic (exact) mass is 1620 g/mol. The molecule has 0 aromatic heterocycles. The Morgan fingerprint density at radius 3 is 1.20 bits per heavy atom. The number of carboxylic acid groups (broad SMARTS) is 4. The van der Waals surface area contributed by atoms with E-state index >= 15 is 0 Å². The van der Waals surface area contributed by atoms with E-state index in [9.17, 15) is 127 Å². The number of amides is 16. The van der Waals surface area contributed by atoms with Crippen molar-refractivity contribution in [3.05, 3.63) is 29.8 Å². The first-order valence-electron chi connectivity index (χ1n) is 35.2. The standard InChI is InChI=1S/C66H104N20O26S/c1-30(2)25-42(83-60(106)40(16-21-51(95)96)78-54(100)32(4)75-56(102)39(15-20-50(93)94)77-53(99)31(3)67)62(108)79-35(7-6-23-73-66(71)72)57(103)80-38(14-19-48(70)91)61(107)86-45(29-87)64(110)85-44(27-52(97)98)55(101)74-28-49(92)76-36(12-17-46(68)89)58(104)84-43(26-33-8-10-34(88)11-9-33)63(109)81-37(13-18-47(69)90)59(105)82-41(65(111)112)22-24-113-5/h8-11,30-32,35-45,87-88H,6-7,12-29,67H2,1-5H3,(H2,68,89)(H2,69,90)(H2,70,91)(H,74,101)(H,75,102)(H,76,92)(H,77,99)(H,78,100)(H,79,108)(H,80,103)(H,81,109)(H,82,105)(H,83,106)(H,84,104)(H,85,110)(H,86,107)(H,93,94)(H,95,96)(H,97,98)(H,111,112)(H4,71,72,73)/t31-,32-,35-,36-,37-,38-,39-,40-,41-,42-,43-,44-,45-/m0/s1. The van der Waals surface area contributed by atoms with Crippen molar-refractivity contribution in [2.45, 2.75) is 209 Å². The van der Waals surface area contributed by atoms with Crippen LogP contribution >= 0.6 is 11.8 Å². The Kier molecular flexibility index (Phi) is 45.0. The van der Waals surface area contributed by atoms with Crippen LogP contribution in [0.15, 0.2) is 24.3 Å². The normalized spacial score (nSPS) is 14.3. The zero-order chi connectivity index (χ0) is 85.9. The molecule has 113 heavy (non-hydrogen) atoms. The van der Waals surface area contributed by atoms with Crippen molar-refractivity contribution < 1.29 is 127 Å². The molecule has 31 N–H and O–H groups in total. The number of benzene rings is 1. The minimum atomic E-state index is -2.17. The van der Waals surface area contributed by atoms with Crippen molar-refractivity contribution in [1.82, 2.24) is 74.4 Å². The van der Waals surface area contributed by atoms with Crippen molar-refractivity contribution in [2.24, 2.45) is 34.6 Å². The van der Waals surface area contributed by atoms with Crippen LogP contribution in [0.25, 0.3) is 0 Å². The summed E-state index contributed by atoms with van der Waals surface area (Å²) < 4.78 is 0. The molecule has 16 amide bonds. The summed E-state index contributed by atoms with van der Waals surface area (Å²) in [4.78, 5) is 262. The molecule has 1 aromatic rings. The molecule has 630 valence electrons. The molecule has 0 heterocycles. The van der Waals surface area contributed by atoms with E-state index in [1.54, 1.807) is 20.1 Å². The van der Waals surface area contributed by atoms with Crippen molar-refractivity contribution in [3.63, 3.8) is 0 Å². The molecule has 0 aliphatic carbocycles. The fraction of sp³-hybridized carbons (Fsp3) is 0.591. The molecule has 13 atom stereocenters. The molecule has 0 bridgehead atoms. The number of primary amides is 3.